The van der Waals surface area contributed by atoms with E-state index in [1.165, 1.54) is 36.4 Å². The molecule has 0 bridgehead atoms. The fourth-order valence-corrected chi connectivity index (χ4v) is 4.39. The molecule has 2 aliphatic heterocycles. The number of rotatable bonds is 4. The molecule has 7 nitrogen and oxygen atoms in total. The van der Waals surface area contributed by atoms with Gasteiger partial charge in [-0.1, -0.05) is 18.2 Å². The summed E-state index contributed by atoms with van der Waals surface area (Å²) in [5.74, 6) is -2.48. The van der Waals surface area contributed by atoms with Crippen LogP contribution in [-0.2, 0) is 16.0 Å². The second-order valence-corrected chi connectivity index (χ2v) is 8.23. The maximum atomic E-state index is 13.2. The van der Waals surface area contributed by atoms with Crippen molar-refractivity contribution in [2.45, 2.75) is 18.8 Å². The lowest BCUT2D eigenvalue weighted by Gasteiger charge is -2.26. The second-order valence-electron chi connectivity index (χ2n) is 8.23. The van der Waals surface area contributed by atoms with Gasteiger partial charge in [-0.25, -0.2) is 0 Å². The number of hydrogen-bond donors (Lipinski definition) is 2. The molecule has 184 valence electrons. The maximum absolute atomic E-state index is 13.2. The van der Waals surface area contributed by atoms with Crippen molar-refractivity contribution in [1.29, 1.82) is 0 Å². The summed E-state index contributed by atoms with van der Waals surface area (Å²) in [6.45, 7) is 0.480. The smallest absolute Gasteiger partial charge is 0.508 e. The monoisotopic (exact) mass is 497 g/mol. The van der Waals surface area contributed by atoms with Crippen molar-refractivity contribution in [3.05, 3.63) is 89.0 Å². The topological polar surface area (TPSA) is 96.3 Å². The second kappa shape index (κ2) is 8.63. The zero-order chi connectivity index (χ0) is 25.6. The van der Waals surface area contributed by atoms with E-state index in [2.05, 4.69) is 4.74 Å². The molecule has 10 heteroatoms. The largest absolute Gasteiger partial charge is 0.573 e. The lowest BCUT2D eigenvalue weighted by atomic mass is 9.94. The van der Waals surface area contributed by atoms with Crippen molar-refractivity contribution < 1.29 is 42.4 Å². The Hall–Kier alpha value is -4.47. The van der Waals surface area contributed by atoms with E-state index < -0.39 is 35.6 Å². The molecular formula is C26H18F3NO6. The molecule has 1 fully saturated rings. The highest BCUT2D eigenvalue weighted by molar-refractivity contribution is 6.51. The Morgan fingerprint density at radius 3 is 2.50 bits per heavy atom. The van der Waals surface area contributed by atoms with E-state index >= 15 is 0 Å². The van der Waals surface area contributed by atoms with Gasteiger partial charge in [0.2, 0.25) is 0 Å². The number of aliphatic hydroxyl groups excluding tert-OH is 1. The number of Topliss-reactive ketones (excluding diaryl/α,β-unsaturated/α-hetero) is 1. The van der Waals surface area contributed by atoms with Crippen molar-refractivity contribution >= 4 is 23.1 Å². The highest BCUT2D eigenvalue weighted by atomic mass is 19.4. The Balaban J connectivity index is 1.66. The molecule has 0 aromatic heterocycles. The minimum absolute atomic E-state index is 0.0432. The summed E-state index contributed by atoms with van der Waals surface area (Å²) in [5, 5.41) is 20.9. The predicted octanol–water partition coefficient (Wildman–Crippen LogP) is 4.85. The number of phenols is 1. The van der Waals surface area contributed by atoms with Crippen LogP contribution in [-0.4, -0.2) is 34.9 Å². The van der Waals surface area contributed by atoms with Crippen LogP contribution in [0.3, 0.4) is 0 Å². The number of carbonyl (C=O) groups is 2. The number of anilines is 1. The fraction of sp³-hybridized carbons (Fsp3) is 0.154. The summed E-state index contributed by atoms with van der Waals surface area (Å²) in [6.07, 6.45) is -4.35. The van der Waals surface area contributed by atoms with Crippen molar-refractivity contribution in [3.8, 4) is 17.2 Å². The van der Waals surface area contributed by atoms with Gasteiger partial charge in [0.25, 0.3) is 11.7 Å². The third-order valence-corrected chi connectivity index (χ3v) is 5.95. The molecule has 5 rings (SSSR count). The number of hydrogen-bond acceptors (Lipinski definition) is 6. The first-order valence-electron chi connectivity index (χ1n) is 10.8. The van der Waals surface area contributed by atoms with Crippen LogP contribution in [0.1, 0.15) is 22.7 Å². The number of halogens is 3. The number of ether oxygens (including phenoxy) is 2. The molecular weight excluding hydrogens is 479 g/mol. The third kappa shape index (κ3) is 4.21. The minimum Gasteiger partial charge on any atom is -0.508 e. The normalized spacial score (nSPS) is 18.8. The van der Waals surface area contributed by atoms with Crippen LogP contribution < -0.4 is 14.4 Å². The molecule has 2 N–H and O–H groups in total. The van der Waals surface area contributed by atoms with Crippen LogP contribution in [0.25, 0.3) is 5.76 Å². The molecule has 3 aromatic carbocycles. The predicted molar refractivity (Wildman–Crippen MR) is 122 cm³/mol. The number of alkyl halides is 3. The van der Waals surface area contributed by atoms with Gasteiger partial charge in [-0.05, 0) is 53.6 Å². The first-order chi connectivity index (χ1) is 17.1. The van der Waals surface area contributed by atoms with E-state index in [-0.39, 0.29) is 22.6 Å². The first kappa shape index (κ1) is 23.3. The summed E-state index contributed by atoms with van der Waals surface area (Å²) in [5.41, 5.74) is 1.17. The molecule has 0 aliphatic carbocycles. The average Bonchev–Trinajstić information content (AvgIpc) is 3.40. The Labute approximate surface area is 202 Å². The zero-order valence-electron chi connectivity index (χ0n) is 18.5. The van der Waals surface area contributed by atoms with Gasteiger partial charge in [-0.15, -0.1) is 13.2 Å². The Morgan fingerprint density at radius 1 is 1.03 bits per heavy atom. The van der Waals surface area contributed by atoms with Crippen LogP contribution in [0, 0.1) is 0 Å². The molecule has 0 saturated carbocycles. The molecule has 1 unspecified atom stereocenters. The molecule has 2 aliphatic rings. The number of amides is 1. The minimum atomic E-state index is -4.96. The van der Waals surface area contributed by atoms with Crippen molar-refractivity contribution in [2.24, 2.45) is 0 Å². The summed E-state index contributed by atoms with van der Waals surface area (Å²) in [4.78, 5) is 27.4. The number of nitrogens with zero attached hydrogens (tertiary/aromatic N) is 1. The third-order valence-electron chi connectivity index (χ3n) is 5.95. The number of fused-ring (bicyclic) bond motifs is 1. The SMILES string of the molecule is O=C1C(=O)N(c2cccc(OC(F)(F)F)c2)C(c2ccc(O)cc2)/C1=C(/O)c1ccc2c(c1)CCO2. The van der Waals surface area contributed by atoms with Gasteiger partial charge in [0, 0.05) is 23.7 Å². The quantitative estimate of drug-likeness (QED) is 0.304. The van der Waals surface area contributed by atoms with Gasteiger partial charge in [-0.3, -0.25) is 14.5 Å². The Kier molecular flexibility index (Phi) is 5.58. The molecule has 2 heterocycles. The fourth-order valence-electron chi connectivity index (χ4n) is 4.39. The van der Waals surface area contributed by atoms with Gasteiger partial charge in [0.05, 0.1) is 18.2 Å². The number of benzene rings is 3. The highest BCUT2D eigenvalue weighted by Crippen LogP contribution is 2.43. The molecule has 1 saturated heterocycles. The van der Waals surface area contributed by atoms with Gasteiger partial charge >= 0.3 is 6.36 Å². The van der Waals surface area contributed by atoms with Crippen LogP contribution in [0.5, 0.6) is 17.2 Å². The van der Waals surface area contributed by atoms with Gasteiger partial charge < -0.3 is 19.7 Å². The van der Waals surface area contributed by atoms with E-state index in [0.717, 1.165) is 22.6 Å². The summed E-state index contributed by atoms with van der Waals surface area (Å²) >= 11 is 0. The van der Waals surface area contributed by atoms with Crippen LogP contribution >= 0.6 is 0 Å². The number of aliphatic hydroxyl groups is 1. The van der Waals surface area contributed by atoms with E-state index in [9.17, 15) is 33.0 Å². The van der Waals surface area contributed by atoms with Crippen LogP contribution in [0.15, 0.2) is 72.3 Å². The number of phenolic OH excluding ortho intramolecular Hbond substituents is 1. The van der Waals surface area contributed by atoms with E-state index in [1.54, 1.807) is 18.2 Å². The Bertz CT molecular complexity index is 1400. The summed E-state index contributed by atoms with van der Waals surface area (Å²) in [6, 6.07) is 13.9. The lowest BCUT2D eigenvalue weighted by Crippen LogP contribution is -2.29. The van der Waals surface area contributed by atoms with Crippen molar-refractivity contribution in [2.75, 3.05) is 11.5 Å². The van der Waals surface area contributed by atoms with Gasteiger partial charge in [-0.2, -0.15) is 0 Å². The molecule has 1 amide bonds. The molecule has 0 spiro atoms. The summed E-state index contributed by atoms with van der Waals surface area (Å²) in [7, 11) is 0. The number of aromatic hydroxyl groups is 1. The van der Waals surface area contributed by atoms with Gasteiger partial charge in [0.15, 0.2) is 0 Å². The molecule has 36 heavy (non-hydrogen) atoms. The Morgan fingerprint density at radius 2 is 1.78 bits per heavy atom. The van der Waals surface area contributed by atoms with E-state index in [4.69, 9.17) is 4.74 Å². The van der Waals surface area contributed by atoms with E-state index in [1.807, 2.05) is 0 Å². The number of ketones is 1. The zero-order valence-corrected chi connectivity index (χ0v) is 18.5. The van der Waals surface area contributed by atoms with Crippen LogP contribution in [0.2, 0.25) is 0 Å². The lowest BCUT2D eigenvalue weighted by molar-refractivity contribution is -0.274. The first-order valence-corrected chi connectivity index (χ1v) is 10.8. The average molecular weight is 497 g/mol. The molecule has 1 atom stereocenters. The standard InChI is InChI=1S/C26H18F3NO6/c27-26(28,29)36-19-3-1-2-17(13-19)30-22(14-4-7-18(31)8-5-14)21(24(33)25(30)34)23(32)16-6-9-20-15(12-16)10-11-35-20/h1-9,12-13,22,31-32H,10-11H2/b23-21-. The van der Waals surface area contributed by atoms with Crippen molar-refractivity contribution in [3.63, 3.8) is 0 Å². The highest BCUT2D eigenvalue weighted by Gasteiger charge is 2.47. The van der Waals surface area contributed by atoms with Crippen molar-refractivity contribution in [1.82, 2.24) is 0 Å². The molecule has 3 aromatic rings. The molecule has 0 radical (unpaired) electrons. The van der Waals surface area contributed by atoms with Crippen LogP contribution in [0.4, 0.5) is 18.9 Å². The number of carbonyl (C=O) groups excluding carboxylic acids is 2. The summed E-state index contributed by atoms with van der Waals surface area (Å²) < 4.78 is 47.8. The van der Waals surface area contributed by atoms with E-state index in [0.29, 0.717) is 24.3 Å². The van der Waals surface area contributed by atoms with Gasteiger partial charge in [0.1, 0.15) is 23.0 Å². The maximum Gasteiger partial charge on any atom is 0.573 e.